The Labute approximate surface area is 235 Å². The highest BCUT2D eigenvalue weighted by Gasteiger charge is 2.63. The molecular weight excluding hydrogens is 544 g/mol. The predicted octanol–water partition coefficient (Wildman–Crippen LogP) is 0.349. The molecule has 41 heavy (non-hydrogen) atoms. The first-order chi connectivity index (χ1) is 19.6. The molecule has 3 fully saturated rings. The number of ether oxygens (including phenoxy) is 7. The summed E-state index contributed by atoms with van der Waals surface area (Å²) < 4.78 is 40.3. The highest BCUT2D eigenvalue weighted by Crippen LogP contribution is 2.56. The van der Waals surface area contributed by atoms with Gasteiger partial charge in [0.05, 0.1) is 46.1 Å². The number of aliphatic hydroxyl groups excluding tert-OH is 4. The van der Waals surface area contributed by atoms with Crippen LogP contribution in [0.4, 0.5) is 0 Å². The van der Waals surface area contributed by atoms with Gasteiger partial charge in [-0.2, -0.15) is 0 Å². The highest BCUT2D eigenvalue weighted by atomic mass is 16.7. The first-order valence-electron chi connectivity index (χ1n) is 13.1. The zero-order valence-corrected chi connectivity index (χ0v) is 22.7. The molecule has 3 aliphatic rings. The summed E-state index contributed by atoms with van der Waals surface area (Å²) >= 11 is 0. The number of phenols is 1. The molecule has 9 atom stereocenters. The van der Waals surface area contributed by atoms with E-state index in [1.165, 1.54) is 27.2 Å². The summed E-state index contributed by atoms with van der Waals surface area (Å²) in [7, 11) is 2.86. The average molecular weight is 579 g/mol. The molecule has 0 saturated carbocycles. The lowest BCUT2D eigenvalue weighted by atomic mass is 9.80. The minimum Gasteiger partial charge on any atom is -0.504 e. The molecule has 0 radical (unpaired) electrons. The number of hydrogen-bond acceptors (Lipinski definition) is 13. The summed E-state index contributed by atoms with van der Waals surface area (Å²) in [6.07, 6.45) is -8.53. The van der Waals surface area contributed by atoms with Crippen molar-refractivity contribution in [3.63, 3.8) is 0 Å². The second-order valence-corrected chi connectivity index (χ2v) is 10.3. The molecule has 3 aliphatic heterocycles. The van der Waals surface area contributed by atoms with Crippen LogP contribution < -0.4 is 14.2 Å². The number of hydrogen-bond donors (Lipinski definition) is 5. The van der Waals surface area contributed by atoms with Gasteiger partial charge >= 0.3 is 5.97 Å². The Morgan fingerprint density at radius 3 is 2.34 bits per heavy atom. The number of aromatic hydroxyl groups is 1. The van der Waals surface area contributed by atoms with Gasteiger partial charge in [0.1, 0.15) is 30.5 Å². The fourth-order valence-electron chi connectivity index (χ4n) is 5.78. The van der Waals surface area contributed by atoms with Crippen LogP contribution in [-0.4, -0.2) is 102 Å². The van der Waals surface area contributed by atoms with Gasteiger partial charge in [0.2, 0.25) is 6.29 Å². The summed E-state index contributed by atoms with van der Waals surface area (Å²) in [5, 5.41) is 50.0. The minimum absolute atomic E-state index is 0.0147. The van der Waals surface area contributed by atoms with Gasteiger partial charge in [-0.1, -0.05) is 12.1 Å². The number of carbonyl (C=O) groups is 1. The second-order valence-electron chi connectivity index (χ2n) is 10.3. The van der Waals surface area contributed by atoms with Gasteiger partial charge in [-0.25, -0.2) is 0 Å². The average Bonchev–Trinajstić information content (AvgIpc) is 3.49. The number of benzene rings is 2. The molecule has 5 rings (SSSR count). The number of aliphatic hydroxyl groups is 4. The van der Waals surface area contributed by atoms with Crippen LogP contribution in [-0.2, 0) is 23.7 Å². The first kappa shape index (κ1) is 29.3. The van der Waals surface area contributed by atoms with Crippen molar-refractivity contribution in [2.75, 3.05) is 34.0 Å². The van der Waals surface area contributed by atoms with Crippen LogP contribution in [0.1, 0.15) is 30.3 Å². The van der Waals surface area contributed by atoms with E-state index in [0.29, 0.717) is 5.56 Å². The molecule has 9 unspecified atom stereocenters. The summed E-state index contributed by atoms with van der Waals surface area (Å²) in [4.78, 5) is 12.3. The van der Waals surface area contributed by atoms with Crippen molar-refractivity contribution in [3.05, 3.63) is 47.5 Å². The lowest BCUT2D eigenvalue weighted by molar-refractivity contribution is -0.277. The number of rotatable bonds is 8. The third-order valence-electron chi connectivity index (χ3n) is 7.82. The minimum atomic E-state index is -1.60. The Hall–Kier alpha value is -3.17. The maximum absolute atomic E-state index is 12.3. The third kappa shape index (κ3) is 5.18. The van der Waals surface area contributed by atoms with Crippen molar-refractivity contribution in [2.45, 2.75) is 55.4 Å². The molecule has 13 nitrogen and oxygen atoms in total. The number of esters is 1. The van der Waals surface area contributed by atoms with Gasteiger partial charge < -0.3 is 58.7 Å². The Morgan fingerprint density at radius 2 is 1.66 bits per heavy atom. The molecule has 0 spiro atoms. The monoisotopic (exact) mass is 578 g/mol. The molecule has 0 amide bonds. The van der Waals surface area contributed by atoms with Crippen LogP contribution in [0.25, 0.3) is 0 Å². The van der Waals surface area contributed by atoms with Crippen molar-refractivity contribution in [1.29, 1.82) is 0 Å². The van der Waals surface area contributed by atoms with Gasteiger partial charge in [0.25, 0.3) is 0 Å². The first-order valence-corrected chi connectivity index (χ1v) is 13.1. The Balaban J connectivity index is 1.42. The predicted molar refractivity (Wildman–Crippen MR) is 137 cm³/mol. The van der Waals surface area contributed by atoms with Crippen LogP contribution in [0, 0.1) is 5.92 Å². The molecule has 0 aliphatic carbocycles. The van der Waals surface area contributed by atoms with E-state index in [2.05, 4.69) is 0 Å². The van der Waals surface area contributed by atoms with E-state index >= 15 is 0 Å². The molecule has 2 aromatic carbocycles. The molecule has 0 aromatic heterocycles. The van der Waals surface area contributed by atoms with E-state index in [4.69, 9.17) is 33.2 Å². The normalized spacial score (nSPS) is 34.6. The Kier molecular flexibility index (Phi) is 8.30. The van der Waals surface area contributed by atoms with Crippen molar-refractivity contribution in [3.8, 4) is 23.0 Å². The summed E-state index contributed by atoms with van der Waals surface area (Å²) in [6, 6.07) is 9.76. The van der Waals surface area contributed by atoms with Crippen LogP contribution >= 0.6 is 0 Å². The molecule has 0 bridgehead atoms. The topological polar surface area (TPSA) is 183 Å². The van der Waals surface area contributed by atoms with Gasteiger partial charge in [-0.05, 0) is 35.4 Å². The molecule has 3 heterocycles. The molecule has 2 aromatic rings. The fourth-order valence-corrected chi connectivity index (χ4v) is 5.78. The van der Waals surface area contributed by atoms with E-state index in [1.807, 2.05) is 0 Å². The molecule has 5 N–H and O–H groups in total. The van der Waals surface area contributed by atoms with Crippen LogP contribution in [0.3, 0.4) is 0 Å². The van der Waals surface area contributed by atoms with E-state index in [-0.39, 0.29) is 42.1 Å². The number of fused-ring (bicyclic) bond motifs is 1. The van der Waals surface area contributed by atoms with Gasteiger partial charge in [-0.3, -0.25) is 4.79 Å². The maximum atomic E-state index is 12.3. The zero-order chi connectivity index (χ0) is 29.5. The van der Waals surface area contributed by atoms with E-state index < -0.39 is 61.1 Å². The van der Waals surface area contributed by atoms with E-state index in [0.717, 1.165) is 5.56 Å². The van der Waals surface area contributed by atoms with E-state index in [9.17, 15) is 30.3 Å². The second kappa shape index (κ2) is 11.6. The van der Waals surface area contributed by atoms with Gasteiger partial charge in [0.15, 0.2) is 28.6 Å². The van der Waals surface area contributed by atoms with Crippen molar-refractivity contribution < 1.29 is 63.5 Å². The largest absolute Gasteiger partial charge is 0.504 e. The van der Waals surface area contributed by atoms with E-state index in [1.54, 1.807) is 30.3 Å². The molecular formula is C28H34O13. The van der Waals surface area contributed by atoms with Crippen LogP contribution in [0.2, 0.25) is 0 Å². The van der Waals surface area contributed by atoms with Crippen molar-refractivity contribution in [2.24, 2.45) is 5.92 Å². The highest BCUT2D eigenvalue weighted by molar-refractivity contribution is 5.67. The summed E-state index contributed by atoms with van der Waals surface area (Å²) in [5.74, 6) is -0.253. The molecule has 13 heteroatoms. The Bertz CT molecular complexity index is 1250. The maximum Gasteiger partial charge on any atom is 0.303 e. The van der Waals surface area contributed by atoms with Crippen LogP contribution in [0.5, 0.6) is 23.0 Å². The molecule has 3 saturated heterocycles. The van der Waals surface area contributed by atoms with Gasteiger partial charge in [-0.15, -0.1) is 0 Å². The number of methoxy groups -OCH3 is 2. The van der Waals surface area contributed by atoms with Gasteiger partial charge in [0, 0.05) is 6.92 Å². The lowest BCUT2D eigenvalue weighted by Gasteiger charge is -2.39. The third-order valence-corrected chi connectivity index (χ3v) is 7.82. The smallest absolute Gasteiger partial charge is 0.303 e. The lowest BCUT2D eigenvalue weighted by Crippen LogP contribution is -2.60. The van der Waals surface area contributed by atoms with Crippen LogP contribution in [0.15, 0.2) is 36.4 Å². The zero-order valence-electron chi connectivity index (χ0n) is 22.7. The summed E-state index contributed by atoms with van der Waals surface area (Å²) in [6.45, 7) is 0.966. The fraction of sp³-hybridized carbons (Fsp3) is 0.536. The van der Waals surface area contributed by atoms with Crippen molar-refractivity contribution in [1.82, 2.24) is 0 Å². The van der Waals surface area contributed by atoms with Crippen molar-refractivity contribution >= 4 is 5.97 Å². The molecule has 224 valence electrons. The summed E-state index contributed by atoms with van der Waals surface area (Å²) in [5.41, 5.74) is 0.148. The Morgan fingerprint density at radius 1 is 0.951 bits per heavy atom. The quantitative estimate of drug-likeness (QED) is 0.271. The standard InChI is InChI=1S/C28H34O13/c1-13(30)41-28-12-38-25(14-4-6-17(31)19(8-14)35-2)16(28)11-37-26(28)15-5-7-18(20(9-15)36-3)39-27-24(34)23(33)22(32)21(10-29)40-27/h4-9,16,21-27,29,31-34H,10-12H2,1-3H3. The number of carbonyl (C=O) groups excluding carboxylic acids is 1. The number of phenolic OH excluding ortho intramolecular Hbond substituents is 1. The SMILES string of the molecule is COc1cc(C2OCC3(OC(C)=O)C(c4ccc(OC5OC(CO)C(O)C(O)C5O)c(OC)c4)OCC23)ccc1O.